The van der Waals surface area contributed by atoms with Gasteiger partial charge in [0, 0.05) is 0 Å². The zero-order valence-corrected chi connectivity index (χ0v) is 8.31. The summed E-state index contributed by atoms with van der Waals surface area (Å²) in [5, 5.41) is 0. The van der Waals surface area contributed by atoms with Gasteiger partial charge in [0.25, 0.3) is 0 Å². The molecule has 3 aliphatic rings. The van der Waals surface area contributed by atoms with Crippen molar-refractivity contribution in [1.29, 1.82) is 0 Å². The number of fused-ring (bicyclic) bond motifs is 2. The van der Waals surface area contributed by atoms with Crippen LogP contribution in [-0.4, -0.2) is 0 Å². The van der Waals surface area contributed by atoms with Gasteiger partial charge in [-0.25, -0.2) is 0 Å². The van der Waals surface area contributed by atoms with Gasteiger partial charge in [-0.15, -0.1) is 0 Å². The molecular formula is C13H18. The first-order valence-corrected chi connectivity index (χ1v) is 5.82. The van der Waals surface area contributed by atoms with Crippen molar-refractivity contribution in [2.24, 2.45) is 5.92 Å². The third-order valence-corrected chi connectivity index (χ3v) is 4.02. The maximum Gasteiger partial charge on any atom is -0.0103 e. The highest BCUT2D eigenvalue weighted by Gasteiger charge is 2.30. The summed E-state index contributed by atoms with van der Waals surface area (Å²) in [5.41, 5.74) is 5.48. The molecule has 0 aromatic heterocycles. The maximum absolute atomic E-state index is 2.48. The fourth-order valence-electron chi connectivity index (χ4n) is 3.30. The fourth-order valence-corrected chi connectivity index (χ4v) is 3.30. The number of allylic oxidation sites excluding steroid dienone is 4. The summed E-state index contributed by atoms with van der Waals surface area (Å²) in [6.45, 7) is 0. The molecule has 0 aromatic carbocycles. The van der Waals surface area contributed by atoms with E-state index in [1.807, 2.05) is 11.1 Å². The minimum Gasteiger partial charge on any atom is -0.0844 e. The second kappa shape index (κ2) is 3.01. The van der Waals surface area contributed by atoms with Crippen LogP contribution in [0.25, 0.3) is 0 Å². The summed E-state index contributed by atoms with van der Waals surface area (Å²) < 4.78 is 0. The average molecular weight is 174 g/mol. The van der Waals surface area contributed by atoms with Crippen molar-refractivity contribution in [3.63, 3.8) is 0 Å². The third-order valence-electron chi connectivity index (χ3n) is 4.02. The number of rotatable bonds is 0. The second-order valence-electron chi connectivity index (χ2n) is 4.87. The molecule has 0 saturated heterocycles. The molecule has 0 heterocycles. The lowest BCUT2D eigenvalue weighted by Gasteiger charge is -2.20. The number of hydrogen-bond donors (Lipinski definition) is 0. The van der Waals surface area contributed by atoms with Gasteiger partial charge in [-0.1, -0.05) is 29.2 Å². The molecule has 0 heteroatoms. The molecule has 70 valence electrons. The Morgan fingerprint density at radius 2 is 1.92 bits per heavy atom. The Labute approximate surface area is 80.7 Å². The van der Waals surface area contributed by atoms with Crippen LogP contribution in [0, 0.1) is 5.92 Å². The van der Waals surface area contributed by atoms with E-state index in [1.54, 1.807) is 5.57 Å². The molecule has 0 radical (unpaired) electrons. The van der Waals surface area contributed by atoms with Crippen molar-refractivity contribution in [3.8, 4) is 0 Å². The molecule has 0 amide bonds. The van der Waals surface area contributed by atoms with E-state index in [1.165, 1.54) is 51.4 Å². The lowest BCUT2D eigenvalue weighted by atomic mass is 9.85. The van der Waals surface area contributed by atoms with E-state index in [2.05, 4.69) is 6.08 Å². The number of hydrogen-bond acceptors (Lipinski definition) is 0. The molecule has 1 unspecified atom stereocenters. The first-order valence-electron chi connectivity index (χ1n) is 5.82. The van der Waals surface area contributed by atoms with Crippen LogP contribution in [0.5, 0.6) is 0 Å². The van der Waals surface area contributed by atoms with Gasteiger partial charge in [0.15, 0.2) is 0 Å². The van der Waals surface area contributed by atoms with Crippen molar-refractivity contribution < 1.29 is 0 Å². The van der Waals surface area contributed by atoms with Crippen molar-refractivity contribution in [1.82, 2.24) is 0 Å². The monoisotopic (exact) mass is 174 g/mol. The molecule has 0 aromatic rings. The maximum atomic E-state index is 2.48. The highest BCUT2D eigenvalue weighted by atomic mass is 14.4. The zero-order valence-electron chi connectivity index (χ0n) is 8.31. The Bertz CT molecular complexity index is 272. The van der Waals surface area contributed by atoms with Gasteiger partial charge in [0.2, 0.25) is 0 Å². The minimum atomic E-state index is 0.961. The molecule has 1 atom stereocenters. The first-order chi connectivity index (χ1) is 6.43. The van der Waals surface area contributed by atoms with Gasteiger partial charge >= 0.3 is 0 Å². The van der Waals surface area contributed by atoms with Crippen molar-refractivity contribution in [3.05, 3.63) is 22.8 Å². The van der Waals surface area contributed by atoms with Gasteiger partial charge in [0.1, 0.15) is 0 Å². The van der Waals surface area contributed by atoms with Crippen LogP contribution >= 0.6 is 0 Å². The van der Waals surface area contributed by atoms with E-state index in [4.69, 9.17) is 0 Å². The Morgan fingerprint density at radius 1 is 1.08 bits per heavy atom. The van der Waals surface area contributed by atoms with Crippen LogP contribution in [0.1, 0.15) is 51.4 Å². The van der Waals surface area contributed by atoms with E-state index in [9.17, 15) is 0 Å². The lowest BCUT2D eigenvalue weighted by molar-refractivity contribution is 0.573. The van der Waals surface area contributed by atoms with E-state index in [0.717, 1.165) is 5.92 Å². The molecule has 2 fully saturated rings. The van der Waals surface area contributed by atoms with Gasteiger partial charge in [-0.2, -0.15) is 0 Å². The first kappa shape index (κ1) is 7.84. The van der Waals surface area contributed by atoms with E-state index < -0.39 is 0 Å². The topological polar surface area (TPSA) is 0 Å². The smallest absolute Gasteiger partial charge is 0.0103 e. The minimum absolute atomic E-state index is 0.961. The third kappa shape index (κ3) is 1.27. The zero-order chi connectivity index (χ0) is 8.67. The summed E-state index contributed by atoms with van der Waals surface area (Å²) in [7, 11) is 0. The van der Waals surface area contributed by atoms with Crippen LogP contribution < -0.4 is 0 Å². The van der Waals surface area contributed by atoms with E-state index in [0.29, 0.717) is 0 Å². The summed E-state index contributed by atoms with van der Waals surface area (Å²) in [6.07, 6.45) is 13.9. The second-order valence-corrected chi connectivity index (χ2v) is 4.87. The highest BCUT2D eigenvalue weighted by Crippen LogP contribution is 2.47. The Hall–Kier alpha value is -0.520. The predicted molar refractivity (Wildman–Crippen MR) is 55.5 cm³/mol. The standard InChI is InChI=1S/C13H18/c1-2-4-11(5-3-1)13-9-10-6-7-12(13)8-10/h6,12H,1-5,7-9H2. The molecule has 0 aliphatic heterocycles. The Morgan fingerprint density at radius 3 is 2.54 bits per heavy atom. The summed E-state index contributed by atoms with van der Waals surface area (Å²) in [4.78, 5) is 0. The van der Waals surface area contributed by atoms with Crippen LogP contribution in [0.4, 0.5) is 0 Å². The molecular weight excluding hydrogens is 156 g/mol. The fraction of sp³-hybridized carbons (Fsp3) is 0.692. The molecule has 3 rings (SSSR count). The largest absolute Gasteiger partial charge is 0.0844 e. The molecule has 3 aliphatic carbocycles. The predicted octanol–water partition coefficient (Wildman–Crippen LogP) is 3.99. The van der Waals surface area contributed by atoms with Crippen molar-refractivity contribution in [2.75, 3.05) is 0 Å². The molecule has 0 N–H and O–H groups in total. The van der Waals surface area contributed by atoms with Crippen molar-refractivity contribution in [2.45, 2.75) is 51.4 Å². The molecule has 2 bridgehead atoms. The average Bonchev–Trinajstić information content (AvgIpc) is 2.80. The highest BCUT2D eigenvalue weighted by molar-refractivity contribution is 5.36. The van der Waals surface area contributed by atoms with Gasteiger partial charge in [0.05, 0.1) is 0 Å². The van der Waals surface area contributed by atoms with Gasteiger partial charge in [-0.05, 0) is 50.9 Å². The van der Waals surface area contributed by atoms with E-state index in [-0.39, 0.29) is 0 Å². The van der Waals surface area contributed by atoms with Crippen LogP contribution in [0.15, 0.2) is 22.8 Å². The Kier molecular flexibility index (Phi) is 1.81. The molecule has 0 nitrogen and oxygen atoms in total. The summed E-state index contributed by atoms with van der Waals surface area (Å²) in [5.74, 6) is 0.961. The molecule has 0 spiro atoms. The van der Waals surface area contributed by atoms with Crippen molar-refractivity contribution >= 4 is 0 Å². The SMILES string of the molecule is C1=C2CC(=C3CCCCC3)C(C1)C2. The van der Waals surface area contributed by atoms with E-state index >= 15 is 0 Å². The quantitative estimate of drug-likeness (QED) is 0.487. The summed E-state index contributed by atoms with van der Waals surface area (Å²) in [6, 6.07) is 0. The van der Waals surface area contributed by atoms with Gasteiger partial charge in [-0.3, -0.25) is 0 Å². The normalized spacial score (nSPS) is 32.6. The molecule has 2 saturated carbocycles. The van der Waals surface area contributed by atoms with Crippen LogP contribution in [0.2, 0.25) is 0 Å². The lowest BCUT2D eigenvalue weighted by Crippen LogP contribution is -2.03. The summed E-state index contributed by atoms with van der Waals surface area (Å²) >= 11 is 0. The van der Waals surface area contributed by atoms with Crippen LogP contribution in [-0.2, 0) is 0 Å². The molecule has 13 heavy (non-hydrogen) atoms. The van der Waals surface area contributed by atoms with Crippen LogP contribution in [0.3, 0.4) is 0 Å². The van der Waals surface area contributed by atoms with Gasteiger partial charge < -0.3 is 0 Å². The Balaban J connectivity index is 1.87.